The Kier molecular flexibility index (Phi) is 6.86. The van der Waals surface area contributed by atoms with Crippen molar-refractivity contribution in [3.05, 3.63) is 52.1 Å². The molecule has 0 atom stereocenters. The number of benzene rings is 2. The Labute approximate surface area is 175 Å². The van der Waals surface area contributed by atoms with Gasteiger partial charge in [0.1, 0.15) is 0 Å². The molecule has 0 fully saturated rings. The number of nitrogens with zero attached hydrogens (tertiary/aromatic N) is 3. The van der Waals surface area contributed by atoms with Crippen molar-refractivity contribution in [3.8, 4) is 11.5 Å². The second-order valence-corrected chi connectivity index (χ2v) is 6.87. The number of imidazole rings is 1. The van der Waals surface area contributed by atoms with Crippen LogP contribution in [-0.4, -0.2) is 46.5 Å². The van der Waals surface area contributed by atoms with Gasteiger partial charge in [-0.2, -0.15) is 5.10 Å². The summed E-state index contributed by atoms with van der Waals surface area (Å²) in [7, 11) is 1.33. The molecule has 0 bridgehead atoms. The van der Waals surface area contributed by atoms with Crippen molar-refractivity contribution in [2.45, 2.75) is 12.1 Å². The van der Waals surface area contributed by atoms with Gasteiger partial charge in [-0.1, -0.05) is 23.9 Å². The molecule has 0 unspecified atom stereocenters. The van der Waals surface area contributed by atoms with E-state index in [1.165, 1.54) is 31.2 Å². The SMILES string of the molecule is CCOc1cc(/C=N\NC(=O)CSc2nc3ccccc3[nH]2)cc([N+](=O)[O-])c1OC. The fourth-order valence-corrected chi connectivity index (χ4v) is 3.31. The Morgan fingerprint density at radius 2 is 2.20 bits per heavy atom. The van der Waals surface area contributed by atoms with Gasteiger partial charge in [-0.25, -0.2) is 10.4 Å². The number of para-hydroxylation sites is 2. The number of aromatic amines is 1. The minimum absolute atomic E-state index is 0.0327. The topological polar surface area (TPSA) is 132 Å². The van der Waals surface area contributed by atoms with E-state index in [0.29, 0.717) is 17.3 Å². The van der Waals surface area contributed by atoms with E-state index >= 15 is 0 Å². The molecule has 2 N–H and O–H groups in total. The summed E-state index contributed by atoms with van der Waals surface area (Å²) in [6.07, 6.45) is 1.30. The van der Waals surface area contributed by atoms with Gasteiger partial charge in [0.25, 0.3) is 5.91 Å². The van der Waals surface area contributed by atoms with Crippen LogP contribution in [0.15, 0.2) is 46.7 Å². The Morgan fingerprint density at radius 3 is 2.90 bits per heavy atom. The standard InChI is InChI=1S/C19H19N5O5S/c1-3-29-16-9-12(8-15(24(26)27)18(16)28-2)10-20-23-17(25)11-30-19-21-13-6-4-5-7-14(13)22-19/h4-10H,3,11H2,1-2H3,(H,21,22)(H,23,25)/b20-10-. The van der Waals surface area contributed by atoms with Crippen molar-refractivity contribution in [1.29, 1.82) is 0 Å². The van der Waals surface area contributed by atoms with E-state index in [4.69, 9.17) is 9.47 Å². The van der Waals surface area contributed by atoms with Gasteiger partial charge in [0.05, 0.1) is 41.6 Å². The molecule has 2 aromatic carbocycles. The lowest BCUT2D eigenvalue weighted by atomic mass is 10.2. The summed E-state index contributed by atoms with van der Waals surface area (Å²) in [6.45, 7) is 2.07. The fourth-order valence-electron chi connectivity index (χ4n) is 2.63. The van der Waals surface area contributed by atoms with Crippen molar-refractivity contribution in [3.63, 3.8) is 0 Å². The first-order chi connectivity index (χ1) is 14.5. The maximum absolute atomic E-state index is 12.0. The average molecular weight is 429 g/mol. The van der Waals surface area contributed by atoms with Gasteiger partial charge in [0.2, 0.25) is 5.75 Å². The molecular formula is C19H19N5O5S. The third-order valence-electron chi connectivity index (χ3n) is 3.87. The maximum atomic E-state index is 12.0. The molecule has 156 valence electrons. The molecule has 1 aromatic heterocycles. The number of carbonyl (C=O) groups is 1. The third-order valence-corrected chi connectivity index (χ3v) is 4.74. The Bertz CT molecular complexity index is 1070. The highest BCUT2D eigenvalue weighted by molar-refractivity contribution is 7.99. The van der Waals surface area contributed by atoms with Crippen LogP contribution in [0, 0.1) is 10.1 Å². The Balaban J connectivity index is 1.63. The molecule has 0 aliphatic carbocycles. The molecule has 0 radical (unpaired) electrons. The molecule has 3 aromatic rings. The van der Waals surface area contributed by atoms with Crippen molar-refractivity contribution < 1.29 is 19.2 Å². The zero-order valence-corrected chi connectivity index (χ0v) is 17.1. The Morgan fingerprint density at radius 1 is 1.40 bits per heavy atom. The number of hydrogen-bond acceptors (Lipinski definition) is 8. The molecule has 0 saturated heterocycles. The molecular weight excluding hydrogens is 410 g/mol. The first-order valence-corrected chi connectivity index (χ1v) is 9.89. The summed E-state index contributed by atoms with van der Waals surface area (Å²) in [4.78, 5) is 30.3. The lowest BCUT2D eigenvalue weighted by molar-refractivity contribution is -0.385. The van der Waals surface area contributed by atoms with Crippen LogP contribution in [0.4, 0.5) is 5.69 Å². The number of nitro groups is 1. The zero-order valence-electron chi connectivity index (χ0n) is 16.2. The van der Waals surface area contributed by atoms with Crippen LogP contribution in [0.1, 0.15) is 12.5 Å². The number of methoxy groups -OCH3 is 1. The second-order valence-electron chi connectivity index (χ2n) is 5.90. The van der Waals surface area contributed by atoms with Crippen LogP contribution in [0.5, 0.6) is 11.5 Å². The van der Waals surface area contributed by atoms with Gasteiger partial charge >= 0.3 is 5.69 Å². The average Bonchev–Trinajstić information content (AvgIpc) is 3.15. The van der Waals surface area contributed by atoms with E-state index in [2.05, 4.69) is 20.5 Å². The molecule has 11 heteroatoms. The highest BCUT2D eigenvalue weighted by atomic mass is 32.2. The van der Waals surface area contributed by atoms with Crippen molar-refractivity contribution >= 4 is 40.6 Å². The number of hydrogen-bond donors (Lipinski definition) is 2. The summed E-state index contributed by atoms with van der Waals surface area (Å²) in [5, 5.41) is 15.8. The first kappa shape index (κ1) is 21.1. The lowest BCUT2D eigenvalue weighted by Crippen LogP contribution is -2.19. The van der Waals surface area contributed by atoms with E-state index in [1.807, 2.05) is 24.3 Å². The van der Waals surface area contributed by atoms with Crippen LogP contribution in [0.25, 0.3) is 11.0 Å². The molecule has 10 nitrogen and oxygen atoms in total. The second kappa shape index (κ2) is 9.74. The predicted molar refractivity (Wildman–Crippen MR) is 113 cm³/mol. The zero-order chi connectivity index (χ0) is 21.5. The molecule has 0 saturated carbocycles. The third kappa shape index (κ3) is 5.06. The number of thioether (sulfide) groups is 1. The van der Waals surface area contributed by atoms with Crippen LogP contribution < -0.4 is 14.9 Å². The summed E-state index contributed by atoms with van der Waals surface area (Å²) in [6, 6.07) is 10.4. The number of hydrazone groups is 1. The van der Waals surface area contributed by atoms with Crippen LogP contribution in [0.2, 0.25) is 0 Å². The number of rotatable bonds is 9. The van der Waals surface area contributed by atoms with Crippen molar-refractivity contribution in [2.75, 3.05) is 19.5 Å². The number of carbonyl (C=O) groups excluding carboxylic acids is 1. The number of nitro benzene ring substituents is 1. The predicted octanol–water partition coefficient (Wildman–Crippen LogP) is 3.12. The van der Waals surface area contributed by atoms with Gasteiger partial charge in [0.15, 0.2) is 10.9 Å². The quantitative estimate of drug-likeness (QED) is 0.231. The van der Waals surface area contributed by atoms with E-state index in [9.17, 15) is 14.9 Å². The number of ether oxygens (including phenoxy) is 2. The van der Waals surface area contributed by atoms with Crippen LogP contribution in [0.3, 0.4) is 0 Å². The monoisotopic (exact) mass is 429 g/mol. The number of nitrogens with one attached hydrogen (secondary N) is 2. The van der Waals surface area contributed by atoms with Gasteiger partial charge in [-0.3, -0.25) is 14.9 Å². The van der Waals surface area contributed by atoms with Crippen molar-refractivity contribution in [1.82, 2.24) is 15.4 Å². The van der Waals surface area contributed by atoms with E-state index in [-0.39, 0.29) is 28.8 Å². The van der Waals surface area contributed by atoms with Gasteiger partial charge in [-0.05, 0) is 25.1 Å². The molecule has 30 heavy (non-hydrogen) atoms. The smallest absolute Gasteiger partial charge is 0.315 e. The molecule has 0 spiro atoms. The number of aromatic nitrogens is 2. The van der Waals surface area contributed by atoms with Crippen LogP contribution in [-0.2, 0) is 4.79 Å². The van der Waals surface area contributed by atoms with E-state index in [1.54, 1.807) is 13.0 Å². The minimum atomic E-state index is -0.568. The number of H-pyrrole nitrogens is 1. The summed E-state index contributed by atoms with van der Waals surface area (Å²) in [5.74, 6) is 0.0156. The van der Waals surface area contributed by atoms with Gasteiger partial charge in [0, 0.05) is 11.6 Å². The normalized spacial score (nSPS) is 11.0. The first-order valence-electron chi connectivity index (χ1n) is 8.90. The molecule has 0 aliphatic heterocycles. The molecule has 1 amide bonds. The maximum Gasteiger partial charge on any atom is 0.315 e. The molecule has 3 rings (SSSR count). The minimum Gasteiger partial charge on any atom is -0.490 e. The van der Waals surface area contributed by atoms with Gasteiger partial charge < -0.3 is 14.5 Å². The number of amides is 1. The van der Waals surface area contributed by atoms with Crippen molar-refractivity contribution in [2.24, 2.45) is 5.10 Å². The highest BCUT2D eigenvalue weighted by Crippen LogP contribution is 2.37. The Hall–Kier alpha value is -3.60. The highest BCUT2D eigenvalue weighted by Gasteiger charge is 2.21. The van der Waals surface area contributed by atoms with Gasteiger partial charge in [-0.15, -0.1) is 0 Å². The van der Waals surface area contributed by atoms with E-state index < -0.39 is 4.92 Å². The summed E-state index contributed by atoms with van der Waals surface area (Å²) >= 11 is 1.24. The summed E-state index contributed by atoms with van der Waals surface area (Å²) < 4.78 is 10.5. The molecule has 1 heterocycles. The van der Waals surface area contributed by atoms with Crippen LogP contribution >= 0.6 is 11.8 Å². The number of fused-ring (bicyclic) bond motifs is 1. The summed E-state index contributed by atoms with van der Waals surface area (Å²) in [5.41, 5.74) is 4.24. The largest absolute Gasteiger partial charge is 0.490 e. The lowest BCUT2D eigenvalue weighted by Gasteiger charge is -2.10. The fraction of sp³-hybridized carbons (Fsp3) is 0.211. The van der Waals surface area contributed by atoms with E-state index in [0.717, 1.165) is 11.0 Å². The molecule has 0 aliphatic rings.